The van der Waals surface area contributed by atoms with Crippen molar-refractivity contribution in [2.45, 2.75) is 116 Å². The quantitative estimate of drug-likeness (QED) is 0.321. The van der Waals surface area contributed by atoms with Crippen LogP contribution in [0.3, 0.4) is 0 Å². The van der Waals surface area contributed by atoms with Gasteiger partial charge in [-0.3, -0.25) is 4.79 Å². The third-order valence-corrected chi connectivity index (χ3v) is 12.9. The lowest BCUT2D eigenvalue weighted by Crippen LogP contribution is -2.51. The molecular weight excluding hydrogens is 536 g/mol. The van der Waals surface area contributed by atoms with E-state index in [2.05, 4.69) is 74.6 Å². The number of aliphatic hydroxyl groups is 1. The number of nitrogens with one attached hydrogen (secondary N) is 1. The average Bonchev–Trinajstić information content (AvgIpc) is 3.31. The summed E-state index contributed by atoms with van der Waals surface area (Å²) in [5.41, 5.74) is 4.20. The van der Waals surface area contributed by atoms with Crippen molar-refractivity contribution in [2.24, 2.45) is 39.7 Å². The second-order valence-electron chi connectivity index (χ2n) is 15.3. The highest BCUT2D eigenvalue weighted by atomic mass is 16.6. The fraction of sp³-hybridized carbons (Fsp3) is 0.730. The van der Waals surface area contributed by atoms with Crippen LogP contribution in [0.1, 0.15) is 104 Å². The van der Waals surface area contributed by atoms with E-state index in [4.69, 9.17) is 9.57 Å². The van der Waals surface area contributed by atoms with Crippen molar-refractivity contribution < 1.29 is 19.5 Å². The minimum atomic E-state index is -0.119. The Hall–Kier alpha value is -2.18. The topological polar surface area (TPSA) is 80.2 Å². The molecule has 0 spiro atoms. The van der Waals surface area contributed by atoms with Gasteiger partial charge >= 0.3 is 0 Å². The fourth-order valence-electron chi connectivity index (χ4n) is 10.1. The lowest BCUT2D eigenvalue weighted by Gasteiger charge is -2.57. The van der Waals surface area contributed by atoms with Gasteiger partial charge in [0, 0.05) is 18.6 Å². The molecule has 236 valence electrons. The van der Waals surface area contributed by atoms with Crippen LogP contribution in [0.15, 0.2) is 47.1 Å². The van der Waals surface area contributed by atoms with Crippen LogP contribution in [0.25, 0.3) is 0 Å². The van der Waals surface area contributed by atoms with E-state index in [1.807, 2.05) is 0 Å². The molecule has 1 aromatic carbocycles. The predicted octanol–water partition coefficient (Wildman–Crippen LogP) is 6.96. The Morgan fingerprint density at radius 1 is 1.07 bits per heavy atom. The number of allylic oxidation sites excluding steroid dienone is 2. The van der Waals surface area contributed by atoms with Gasteiger partial charge in [0.15, 0.2) is 6.61 Å². The molecule has 0 radical (unpaired) electrons. The maximum atomic E-state index is 12.8. The molecule has 6 heteroatoms. The zero-order chi connectivity index (χ0) is 30.2. The van der Waals surface area contributed by atoms with Crippen molar-refractivity contribution in [1.29, 1.82) is 0 Å². The highest BCUT2D eigenvalue weighted by Crippen LogP contribution is 2.65. The molecule has 1 aliphatic heterocycles. The van der Waals surface area contributed by atoms with Gasteiger partial charge < -0.3 is 20.0 Å². The first kappa shape index (κ1) is 30.8. The number of rotatable bonds is 8. The second-order valence-corrected chi connectivity index (χ2v) is 15.3. The summed E-state index contributed by atoms with van der Waals surface area (Å²) in [6, 6.07) is 10.7. The number of carbonyl (C=O) groups is 1. The van der Waals surface area contributed by atoms with Crippen molar-refractivity contribution >= 4 is 11.6 Å². The van der Waals surface area contributed by atoms with Crippen LogP contribution in [-0.4, -0.2) is 48.7 Å². The molecule has 3 saturated carbocycles. The van der Waals surface area contributed by atoms with Crippen molar-refractivity contribution in [3.05, 3.63) is 47.5 Å². The van der Waals surface area contributed by atoms with Crippen LogP contribution < -0.4 is 5.32 Å². The minimum Gasteiger partial charge on any atom is -0.393 e. The van der Waals surface area contributed by atoms with E-state index >= 15 is 0 Å². The minimum absolute atomic E-state index is 0.0112. The van der Waals surface area contributed by atoms with Crippen molar-refractivity contribution in [2.75, 3.05) is 19.8 Å². The van der Waals surface area contributed by atoms with Gasteiger partial charge in [-0.15, -0.1) is 0 Å². The smallest absolute Gasteiger partial charge is 0.260 e. The fourth-order valence-corrected chi connectivity index (χ4v) is 10.1. The number of hydrogen-bond acceptors (Lipinski definition) is 5. The van der Waals surface area contributed by atoms with E-state index < -0.39 is 0 Å². The molecule has 1 aromatic rings. The molecule has 5 aliphatic rings. The molecular formula is C37H54N2O4. The zero-order valence-electron chi connectivity index (χ0n) is 26.9. The van der Waals surface area contributed by atoms with Gasteiger partial charge in [-0.1, -0.05) is 68.8 Å². The van der Waals surface area contributed by atoms with Crippen LogP contribution in [0.2, 0.25) is 0 Å². The number of amides is 1. The highest BCUT2D eigenvalue weighted by molar-refractivity contribution is 5.96. The number of nitrogens with zero attached hydrogens (tertiary/aromatic N) is 1. The predicted molar refractivity (Wildman–Crippen MR) is 171 cm³/mol. The number of aliphatic hydroxyl groups excluding tert-OH is 1. The van der Waals surface area contributed by atoms with E-state index in [0.29, 0.717) is 24.3 Å². The Labute approximate surface area is 259 Å². The number of carbonyl (C=O) groups excluding carboxylic acids is 1. The number of fused-ring (bicyclic) bond motifs is 5. The van der Waals surface area contributed by atoms with Gasteiger partial charge in [-0.2, -0.15) is 0 Å². The Balaban J connectivity index is 1.02. The molecule has 0 bridgehead atoms. The first-order chi connectivity index (χ1) is 20.6. The van der Waals surface area contributed by atoms with Crippen molar-refractivity contribution in [3.63, 3.8) is 0 Å². The van der Waals surface area contributed by atoms with E-state index in [9.17, 15) is 9.90 Å². The van der Waals surface area contributed by atoms with Gasteiger partial charge in [0.1, 0.15) is 0 Å². The van der Waals surface area contributed by atoms with E-state index in [0.717, 1.165) is 69.6 Å². The highest BCUT2D eigenvalue weighted by Gasteiger charge is 2.58. The lowest BCUT2D eigenvalue weighted by molar-refractivity contribution is -0.125. The van der Waals surface area contributed by atoms with Crippen LogP contribution in [-0.2, 0) is 19.8 Å². The second kappa shape index (κ2) is 12.3. The third-order valence-electron chi connectivity index (χ3n) is 12.9. The SMILES string of the molecule is CC(C)C1CC(CCNC(=O)CON=C2C=C3CCC4C(CCC5(C)C(O)CCC45)C3(C)CC2)(c2ccccc2)CCO1. The Morgan fingerprint density at radius 2 is 1.88 bits per heavy atom. The van der Waals surface area contributed by atoms with Gasteiger partial charge in [0.05, 0.1) is 17.9 Å². The summed E-state index contributed by atoms with van der Waals surface area (Å²) in [4.78, 5) is 18.4. The molecule has 1 heterocycles. The molecule has 8 atom stereocenters. The maximum Gasteiger partial charge on any atom is 0.260 e. The Bertz CT molecular complexity index is 1210. The summed E-state index contributed by atoms with van der Waals surface area (Å²) >= 11 is 0. The normalized spacial score (nSPS) is 39.9. The molecule has 2 N–H and O–H groups in total. The van der Waals surface area contributed by atoms with E-state index in [1.165, 1.54) is 30.4 Å². The third kappa shape index (κ3) is 5.83. The Kier molecular flexibility index (Phi) is 8.83. The lowest BCUT2D eigenvalue weighted by atomic mass is 9.47. The summed E-state index contributed by atoms with van der Waals surface area (Å²) in [5, 5.41) is 18.3. The molecule has 0 aromatic heterocycles. The Morgan fingerprint density at radius 3 is 2.67 bits per heavy atom. The van der Waals surface area contributed by atoms with Gasteiger partial charge in [0.25, 0.3) is 5.91 Å². The standard InChI is InChI=1S/C37H54N2O4/c1-25(2)32-23-37(19-21-42-32,26-8-6-5-7-9-26)18-20-38-34(41)24-43-39-28-14-16-35(3)27(22-28)10-11-29-30-12-13-33(40)36(30,4)17-15-31(29)35/h5-9,22,25,29-33,40H,10-21,23-24H2,1-4H3,(H,38,41). The maximum absolute atomic E-state index is 12.8. The number of benzene rings is 1. The number of ether oxygens (including phenoxy) is 1. The molecule has 1 amide bonds. The van der Waals surface area contributed by atoms with Gasteiger partial charge in [-0.05, 0) is 117 Å². The van der Waals surface area contributed by atoms with Crippen LogP contribution in [0.5, 0.6) is 0 Å². The summed E-state index contributed by atoms with van der Waals surface area (Å²) < 4.78 is 6.11. The molecule has 4 fully saturated rings. The first-order valence-electron chi connectivity index (χ1n) is 17.2. The van der Waals surface area contributed by atoms with Gasteiger partial charge in [-0.25, -0.2) is 0 Å². The number of oxime groups is 1. The number of hydrogen-bond donors (Lipinski definition) is 2. The van der Waals surface area contributed by atoms with Gasteiger partial charge in [0.2, 0.25) is 0 Å². The molecule has 43 heavy (non-hydrogen) atoms. The molecule has 4 aliphatic carbocycles. The van der Waals surface area contributed by atoms with Crippen LogP contribution in [0.4, 0.5) is 0 Å². The molecule has 6 nitrogen and oxygen atoms in total. The largest absolute Gasteiger partial charge is 0.393 e. The summed E-state index contributed by atoms with van der Waals surface area (Å²) in [7, 11) is 0. The van der Waals surface area contributed by atoms with Crippen molar-refractivity contribution in [1.82, 2.24) is 5.32 Å². The summed E-state index contributed by atoms with van der Waals surface area (Å²) in [6.45, 7) is 10.6. The molecule has 1 saturated heterocycles. The first-order valence-corrected chi connectivity index (χ1v) is 17.2. The van der Waals surface area contributed by atoms with E-state index in [1.54, 1.807) is 0 Å². The molecule has 6 rings (SSSR count). The average molecular weight is 591 g/mol. The summed E-state index contributed by atoms with van der Waals surface area (Å²) in [6.07, 6.45) is 14.1. The van der Waals surface area contributed by atoms with Crippen LogP contribution >= 0.6 is 0 Å². The zero-order valence-corrected chi connectivity index (χ0v) is 26.9. The monoisotopic (exact) mass is 590 g/mol. The van der Waals surface area contributed by atoms with E-state index in [-0.39, 0.29) is 41.0 Å². The molecule has 8 unspecified atom stereocenters. The van der Waals surface area contributed by atoms with Crippen LogP contribution in [0, 0.1) is 34.5 Å². The van der Waals surface area contributed by atoms with Crippen molar-refractivity contribution in [3.8, 4) is 0 Å². The summed E-state index contributed by atoms with van der Waals surface area (Å²) in [5.74, 6) is 2.46.